The van der Waals surface area contributed by atoms with E-state index >= 15 is 0 Å². The van der Waals surface area contributed by atoms with Crippen LogP contribution in [0.1, 0.15) is 31.2 Å². The Bertz CT molecular complexity index is 1210. The first-order chi connectivity index (χ1) is 14.3. The minimum Gasteiger partial charge on any atom is -0.333 e. The molecule has 10 nitrogen and oxygen atoms in total. The number of aromatic nitrogens is 4. The quantitative estimate of drug-likeness (QED) is 0.346. The van der Waals surface area contributed by atoms with Gasteiger partial charge in [0.2, 0.25) is 0 Å². The Morgan fingerprint density at radius 1 is 1.13 bits per heavy atom. The number of phosphoric acid groups is 1. The number of nitrogens with zero attached hydrogens (tertiary/aromatic N) is 3. The summed E-state index contributed by atoms with van der Waals surface area (Å²) in [6, 6.07) is 9.55. The van der Waals surface area contributed by atoms with Gasteiger partial charge in [-0.1, -0.05) is 43.3 Å². The van der Waals surface area contributed by atoms with Crippen molar-refractivity contribution in [2.24, 2.45) is 0 Å². The summed E-state index contributed by atoms with van der Waals surface area (Å²) in [5, 5.41) is 0. The summed E-state index contributed by atoms with van der Waals surface area (Å²) in [5.41, 5.74) is 0.378. The van der Waals surface area contributed by atoms with Gasteiger partial charge in [0.25, 0.3) is 5.56 Å². The van der Waals surface area contributed by atoms with Gasteiger partial charge in [-0.25, -0.2) is 14.3 Å². The van der Waals surface area contributed by atoms with Crippen LogP contribution < -0.4 is 11.2 Å². The first-order valence-corrected chi connectivity index (χ1v) is 11.0. The van der Waals surface area contributed by atoms with Crippen molar-refractivity contribution in [1.29, 1.82) is 0 Å². The van der Waals surface area contributed by atoms with Gasteiger partial charge in [-0.3, -0.25) is 18.5 Å². The molecule has 0 bridgehead atoms. The Labute approximate surface area is 171 Å². The van der Waals surface area contributed by atoms with Crippen LogP contribution in [-0.2, 0) is 22.2 Å². The van der Waals surface area contributed by atoms with Crippen molar-refractivity contribution < 1.29 is 18.9 Å². The van der Waals surface area contributed by atoms with Crippen LogP contribution in [0.5, 0.6) is 0 Å². The fourth-order valence-corrected chi connectivity index (χ4v) is 3.40. The van der Waals surface area contributed by atoms with Gasteiger partial charge in [-0.05, 0) is 24.5 Å². The van der Waals surface area contributed by atoms with E-state index in [-0.39, 0.29) is 37.3 Å². The maximum atomic E-state index is 12.8. The van der Waals surface area contributed by atoms with Gasteiger partial charge in [0.15, 0.2) is 5.65 Å². The second-order valence-electron chi connectivity index (χ2n) is 6.63. The number of benzene rings is 1. The van der Waals surface area contributed by atoms with Crippen LogP contribution >= 0.6 is 7.82 Å². The molecule has 160 valence electrons. The van der Waals surface area contributed by atoms with Crippen LogP contribution in [0.4, 0.5) is 0 Å². The number of aromatic amines is 1. The molecule has 0 aliphatic rings. The summed E-state index contributed by atoms with van der Waals surface area (Å²) in [7, 11) is -4.58. The molecule has 3 N–H and O–H groups in total. The van der Waals surface area contributed by atoms with E-state index in [2.05, 4.69) is 14.5 Å². The molecule has 30 heavy (non-hydrogen) atoms. The standard InChI is InChI=1S/C19H23N4O6P/c1-2-11-23-18(24)16-17(22(19(23)25)12-6-13-29-30(26,27)28)21-15(20-16)10-9-14-7-4-3-5-8-14/h3-5,7-10H,2,6,11-13H2,1H3,(H,20,21)(H2,26,27,28). The average Bonchev–Trinajstić information content (AvgIpc) is 3.13. The number of aryl methyl sites for hydroxylation is 1. The maximum absolute atomic E-state index is 12.8. The number of rotatable bonds is 9. The SMILES string of the molecule is CCCn1c(=O)c2[nH]c(C=Cc3ccccc3)nc2n(CCCOP(=O)(O)O)c1=O. The van der Waals surface area contributed by atoms with Gasteiger partial charge in [-0.2, -0.15) is 0 Å². The molecule has 0 aliphatic heterocycles. The van der Waals surface area contributed by atoms with E-state index in [0.29, 0.717) is 12.2 Å². The summed E-state index contributed by atoms with van der Waals surface area (Å²) in [4.78, 5) is 50.6. The third-order valence-electron chi connectivity index (χ3n) is 4.35. The molecule has 1 aromatic carbocycles. The van der Waals surface area contributed by atoms with Gasteiger partial charge in [0, 0.05) is 13.1 Å². The van der Waals surface area contributed by atoms with Gasteiger partial charge < -0.3 is 14.8 Å². The molecule has 0 amide bonds. The highest BCUT2D eigenvalue weighted by molar-refractivity contribution is 7.46. The number of hydrogen-bond donors (Lipinski definition) is 3. The van der Waals surface area contributed by atoms with Crippen LogP contribution in [0.15, 0.2) is 39.9 Å². The summed E-state index contributed by atoms with van der Waals surface area (Å²) in [6.07, 6.45) is 4.30. The van der Waals surface area contributed by atoms with Crippen molar-refractivity contribution in [3.63, 3.8) is 0 Å². The molecule has 0 fully saturated rings. The summed E-state index contributed by atoms with van der Waals surface area (Å²) in [6.45, 7) is 1.96. The number of H-pyrrole nitrogens is 1. The van der Waals surface area contributed by atoms with Gasteiger partial charge in [-0.15, -0.1) is 0 Å². The van der Waals surface area contributed by atoms with E-state index in [1.165, 1.54) is 4.57 Å². The predicted octanol–water partition coefficient (Wildman–Crippen LogP) is 1.97. The zero-order valence-electron chi connectivity index (χ0n) is 16.4. The lowest BCUT2D eigenvalue weighted by molar-refractivity contribution is 0.192. The van der Waals surface area contributed by atoms with Crippen molar-refractivity contribution in [2.75, 3.05) is 6.61 Å². The zero-order chi connectivity index (χ0) is 21.7. The Morgan fingerprint density at radius 3 is 2.53 bits per heavy atom. The Hall–Kier alpha value is -2.78. The molecular weight excluding hydrogens is 411 g/mol. The maximum Gasteiger partial charge on any atom is 0.469 e. The van der Waals surface area contributed by atoms with E-state index in [9.17, 15) is 14.2 Å². The Morgan fingerprint density at radius 2 is 1.87 bits per heavy atom. The van der Waals surface area contributed by atoms with E-state index in [4.69, 9.17) is 9.79 Å². The highest BCUT2D eigenvalue weighted by Crippen LogP contribution is 2.35. The van der Waals surface area contributed by atoms with Crippen LogP contribution in [0.25, 0.3) is 23.3 Å². The third kappa shape index (κ3) is 5.22. The number of imidazole rings is 1. The molecule has 2 aromatic heterocycles. The third-order valence-corrected chi connectivity index (χ3v) is 4.86. The number of nitrogens with one attached hydrogen (secondary N) is 1. The highest BCUT2D eigenvalue weighted by atomic mass is 31.2. The predicted molar refractivity (Wildman–Crippen MR) is 113 cm³/mol. The fraction of sp³-hybridized carbons (Fsp3) is 0.316. The second-order valence-corrected chi connectivity index (χ2v) is 7.87. The molecule has 0 saturated carbocycles. The van der Waals surface area contributed by atoms with Gasteiger partial charge in [0.1, 0.15) is 11.3 Å². The summed E-state index contributed by atoms with van der Waals surface area (Å²) < 4.78 is 17.7. The van der Waals surface area contributed by atoms with Crippen molar-refractivity contribution in [2.45, 2.75) is 32.9 Å². The van der Waals surface area contributed by atoms with Crippen LogP contribution in [0.2, 0.25) is 0 Å². The van der Waals surface area contributed by atoms with Crippen LogP contribution in [-0.4, -0.2) is 35.5 Å². The molecule has 0 unspecified atom stereocenters. The summed E-state index contributed by atoms with van der Waals surface area (Å²) >= 11 is 0. The molecule has 0 spiro atoms. The first kappa shape index (κ1) is 21.9. The Kier molecular flexibility index (Phi) is 6.84. The Balaban J connectivity index is 1.99. The number of phosphoric ester groups is 1. The minimum absolute atomic E-state index is 0.0893. The lowest BCUT2D eigenvalue weighted by Crippen LogP contribution is -2.40. The molecule has 0 aliphatic carbocycles. The van der Waals surface area contributed by atoms with Crippen molar-refractivity contribution >= 4 is 31.1 Å². The normalized spacial score (nSPS) is 12.2. The lowest BCUT2D eigenvalue weighted by Gasteiger charge is -2.11. The smallest absolute Gasteiger partial charge is 0.333 e. The van der Waals surface area contributed by atoms with Crippen molar-refractivity contribution in [3.05, 3.63) is 62.6 Å². The van der Waals surface area contributed by atoms with Gasteiger partial charge >= 0.3 is 13.5 Å². The molecule has 0 atom stereocenters. The number of fused-ring (bicyclic) bond motifs is 1. The highest BCUT2D eigenvalue weighted by Gasteiger charge is 2.17. The minimum atomic E-state index is -4.58. The van der Waals surface area contributed by atoms with E-state index in [1.54, 1.807) is 6.08 Å². The molecule has 3 rings (SSSR count). The summed E-state index contributed by atoms with van der Waals surface area (Å²) in [5.74, 6) is 0.416. The lowest BCUT2D eigenvalue weighted by atomic mass is 10.2. The molecule has 3 aromatic rings. The molecule has 11 heteroatoms. The van der Waals surface area contributed by atoms with Crippen LogP contribution in [0, 0.1) is 0 Å². The monoisotopic (exact) mass is 434 g/mol. The van der Waals surface area contributed by atoms with E-state index in [0.717, 1.165) is 10.1 Å². The largest absolute Gasteiger partial charge is 0.469 e. The molecule has 0 saturated heterocycles. The fourth-order valence-electron chi connectivity index (χ4n) is 3.03. The van der Waals surface area contributed by atoms with E-state index < -0.39 is 19.1 Å². The average molecular weight is 434 g/mol. The van der Waals surface area contributed by atoms with Crippen molar-refractivity contribution in [1.82, 2.24) is 19.1 Å². The molecule has 2 heterocycles. The second kappa shape index (κ2) is 9.36. The zero-order valence-corrected chi connectivity index (χ0v) is 17.3. The molecular formula is C19H23N4O6P. The van der Waals surface area contributed by atoms with E-state index in [1.807, 2.05) is 43.3 Å². The van der Waals surface area contributed by atoms with Gasteiger partial charge in [0.05, 0.1) is 6.61 Å². The topological polar surface area (TPSA) is 139 Å². The van der Waals surface area contributed by atoms with Crippen molar-refractivity contribution in [3.8, 4) is 0 Å². The van der Waals surface area contributed by atoms with Crippen LogP contribution in [0.3, 0.4) is 0 Å². The first-order valence-electron chi connectivity index (χ1n) is 9.46. The number of hydrogen-bond acceptors (Lipinski definition) is 5. The molecule has 0 radical (unpaired) electrons.